The van der Waals surface area contributed by atoms with Gasteiger partial charge in [-0.1, -0.05) is 282 Å². The lowest BCUT2D eigenvalue weighted by atomic mass is 10.0. The first-order chi connectivity index (χ1) is 34.5. The Kier molecular flexibility index (Phi) is 58.5. The maximum Gasteiger partial charge on any atom is 0.305 e. The minimum atomic E-state index is -0.674. The zero-order valence-corrected chi connectivity index (χ0v) is 47.3. The summed E-state index contributed by atoms with van der Waals surface area (Å²) in [6.45, 7) is 4.95. The number of esters is 1. The molecule has 0 radical (unpaired) electrons. The summed E-state index contributed by atoms with van der Waals surface area (Å²) in [5.74, 6) is -0.0511. The summed E-state index contributed by atoms with van der Waals surface area (Å²) < 4.78 is 5.47. The fourth-order valence-corrected chi connectivity index (χ4v) is 9.87. The van der Waals surface area contributed by atoms with Crippen molar-refractivity contribution >= 4 is 11.9 Å². The number of aliphatic hydroxyl groups is 2. The number of unbranched alkanes of at least 4 members (excludes halogenated alkanes) is 44. The first-order valence-corrected chi connectivity index (χ1v) is 31.6. The Bertz CT molecular complexity index is 1090. The molecule has 0 spiro atoms. The van der Waals surface area contributed by atoms with E-state index in [1.165, 1.54) is 257 Å². The largest absolute Gasteiger partial charge is 0.466 e. The normalized spacial score (nSPS) is 12.7. The first kappa shape index (κ1) is 68.3. The summed E-state index contributed by atoms with van der Waals surface area (Å²) in [7, 11) is 0. The molecule has 2 unspecified atom stereocenters. The van der Waals surface area contributed by atoms with Crippen LogP contribution in [-0.2, 0) is 14.3 Å². The Hall–Kier alpha value is -1.66. The maximum atomic E-state index is 12.5. The van der Waals surface area contributed by atoms with Crippen LogP contribution in [0.15, 0.2) is 24.3 Å². The second kappa shape index (κ2) is 59.9. The number of ether oxygens (including phenoxy) is 1. The predicted octanol–water partition coefficient (Wildman–Crippen LogP) is 19.8. The van der Waals surface area contributed by atoms with E-state index in [0.29, 0.717) is 25.9 Å². The van der Waals surface area contributed by atoms with Crippen molar-refractivity contribution in [2.24, 2.45) is 0 Å². The van der Waals surface area contributed by atoms with Crippen molar-refractivity contribution in [3.63, 3.8) is 0 Å². The van der Waals surface area contributed by atoms with Gasteiger partial charge < -0.3 is 20.3 Å². The van der Waals surface area contributed by atoms with E-state index in [-0.39, 0.29) is 18.5 Å². The fourth-order valence-electron chi connectivity index (χ4n) is 9.87. The zero-order valence-electron chi connectivity index (χ0n) is 47.3. The van der Waals surface area contributed by atoms with Gasteiger partial charge in [0.1, 0.15) is 0 Å². The van der Waals surface area contributed by atoms with Gasteiger partial charge in [0.25, 0.3) is 0 Å². The highest BCUT2D eigenvalue weighted by Crippen LogP contribution is 2.18. The van der Waals surface area contributed by atoms with Crippen LogP contribution in [0.1, 0.15) is 348 Å². The monoisotopic (exact) mass is 986 g/mol. The Morgan fingerprint density at radius 3 is 1.01 bits per heavy atom. The lowest BCUT2D eigenvalue weighted by molar-refractivity contribution is -0.143. The van der Waals surface area contributed by atoms with Crippen LogP contribution in [0.25, 0.3) is 0 Å². The second-order valence-electron chi connectivity index (χ2n) is 21.7. The minimum Gasteiger partial charge on any atom is -0.466 e. The number of allylic oxidation sites excluding steroid dienone is 4. The molecule has 6 nitrogen and oxygen atoms in total. The van der Waals surface area contributed by atoms with Crippen molar-refractivity contribution in [3.8, 4) is 0 Å². The van der Waals surface area contributed by atoms with Gasteiger partial charge in [0, 0.05) is 12.8 Å². The highest BCUT2D eigenvalue weighted by Gasteiger charge is 2.20. The molecule has 414 valence electrons. The molecular formula is C64H123NO5. The molecule has 0 bridgehead atoms. The van der Waals surface area contributed by atoms with Gasteiger partial charge in [-0.05, 0) is 77.0 Å². The van der Waals surface area contributed by atoms with Crippen LogP contribution < -0.4 is 5.32 Å². The van der Waals surface area contributed by atoms with Crippen LogP contribution in [0.3, 0.4) is 0 Å². The lowest BCUT2D eigenvalue weighted by Gasteiger charge is -2.22. The molecule has 0 aliphatic carbocycles. The van der Waals surface area contributed by atoms with Gasteiger partial charge in [0.05, 0.1) is 25.4 Å². The van der Waals surface area contributed by atoms with Crippen LogP contribution in [0, 0.1) is 0 Å². The molecule has 70 heavy (non-hydrogen) atoms. The lowest BCUT2D eigenvalue weighted by Crippen LogP contribution is -2.45. The van der Waals surface area contributed by atoms with Crippen LogP contribution >= 0.6 is 0 Å². The van der Waals surface area contributed by atoms with Crippen molar-refractivity contribution < 1.29 is 24.5 Å². The van der Waals surface area contributed by atoms with Gasteiger partial charge in [0.15, 0.2) is 0 Å². The number of hydrogen-bond acceptors (Lipinski definition) is 5. The van der Waals surface area contributed by atoms with Gasteiger partial charge in [-0.3, -0.25) is 9.59 Å². The molecule has 1 amide bonds. The molecule has 0 aliphatic heterocycles. The number of aliphatic hydroxyl groups excluding tert-OH is 2. The van der Waals surface area contributed by atoms with Gasteiger partial charge in [-0.2, -0.15) is 0 Å². The van der Waals surface area contributed by atoms with E-state index in [1.54, 1.807) is 0 Å². The molecule has 0 heterocycles. The molecule has 0 aliphatic rings. The SMILES string of the molecule is CCCCCCC/C=C\CCCCCCCC(=O)OCCCCCCCCCCC/C=C\CCCCCCCC(=O)NC(CO)C(O)CCCCCCCCCCCCCCCCCCCCCCC. The molecule has 0 aromatic heterocycles. The number of nitrogens with one attached hydrogen (secondary N) is 1. The van der Waals surface area contributed by atoms with E-state index in [1.807, 2.05) is 0 Å². The van der Waals surface area contributed by atoms with E-state index in [9.17, 15) is 19.8 Å². The van der Waals surface area contributed by atoms with E-state index in [4.69, 9.17) is 4.74 Å². The Morgan fingerprint density at radius 1 is 0.386 bits per heavy atom. The van der Waals surface area contributed by atoms with Crippen LogP contribution in [0.2, 0.25) is 0 Å². The molecule has 0 aromatic carbocycles. The molecule has 0 rings (SSSR count). The predicted molar refractivity (Wildman–Crippen MR) is 306 cm³/mol. The van der Waals surface area contributed by atoms with Crippen molar-refractivity contribution in [2.45, 2.75) is 360 Å². The Morgan fingerprint density at radius 2 is 0.671 bits per heavy atom. The highest BCUT2D eigenvalue weighted by molar-refractivity contribution is 5.76. The number of carbonyl (C=O) groups is 2. The van der Waals surface area contributed by atoms with Crippen LogP contribution in [0.5, 0.6) is 0 Å². The average molecular weight is 987 g/mol. The molecular weight excluding hydrogens is 863 g/mol. The molecule has 0 aromatic rings. The highest BCUT2D eigenvalue weighted by atomic mass is 16.5. The van der Waals surface area contributed by atoms with Crippen molar-refractivity contribution in [1.29, 1.82) is 0 Å². The molecule has 0 saturated carbocycles. The third kappa shape index (κ3) is 55.7. The number of hydrogen-bond donors (Lipinski definition) is 3. The Labute approximate surface area is 437 Å². The number of carbonyl (C=O) groups excluding carboxylic acids is 2. The zero-order chi connectivity index (χ0) is 50.7. The Balaban J connectivity index is 3.45. The van der Waals surface area contributed by atoms with Gasteiger partial charge >= 0.3 is 5.97 Å². The van der Waals surface area contributed by atoms with Crippen molar-refractivity contribution in [2.75, 3.05) is 13.2 Å². The standard InChI is InChI=1S/C64H123NO5/c1-3-5-7-9-11-13-15-17-19-20-21-22-23-26-29-32-36-40-44-48-52-56-62(67)61(60-66)65-63(68)57-53-49-45-41-37-33-30-27-24-25-28-31-35-39-43-47-51-55-59-70-64(69)58-54-50-46-42-38-34-18-16-14-12-10-8-6-4-2/h16,18,27,30,61-62,66-67H,3-15,17,19-26,28-29,31-60H2,1-2H3,(H,65,68)/b18-16-,30-27-. The van der Waals surface area contributed by atoms with E-state index in [2.05, 4.69) is 43.5 Å². The second-order valence-corrected chi connectivity index (χ2v) is 21.7. The quantitative estimate of drug-likeness (QED) is 0.0321. The number of rotatable bonds is 59. The molecule has 0 fully saturated rings. The third-order valence-corrected chi connectivity index (χ3v) is 14.7. The number of amides is 1. The van der Waals surface area contributed by atoms with E-state index < -0.39 is 12.1 Å². The summed E-state index contributed by atoms with van der Waals surface area (Å²) >= 11 is 0. The van der Waals surface area contributed by atoms with E-state index >= 15 is 0 Å². The van der Waals surface area contributed by atoms with E-state index in [0.717, 1.165) is 57.8 Å². The topological polar surface area (TPSA) is 95.9 Å². The smallest absolute Gasteiger partial charge is 0.305 e. The van der Waals surface area contributed by atoms with Crippen LogP contribution in [-0.4, -0.2) is 47.4 Å². The van der Waals surface area contributed by atoms with Crippen molar-refractivity contribution in [1.82, 2.24) is 5.32 Å². The minimum absolute atomic E-state index is 0.00490. The molecule has 3 N–H and O–H groups in total. The van der Waals surface area contributed by atoms with Gasteiger partial charge in [-0.25, -0.2) is 0 Å². The molecule has 0 saturated heterocycles. The average Bonchev–Trinajstić information content (AvgIpc) is 3.36. The molecule has 2 atom stereocenters. The maximum absolute atomic E-state index is 12.5. The summed E-state index contributed by atoms with van der Waals surface area (Å²) in [6, 6.07) is -0.553. The summed E-state index contributed by atoms with van der Waals surface area (Å²) in [6.07, 6.45) is 73.3. The van der Waals surface area contributed by atoms with Crippen molar-refractivity contribution in [3.05, 3.63) is 24.3 Å². The summed E-state index contributed by atoms with van der Waals surface area (Å²) in [4.78, 5) is 24.6. The summed E-state index contributed by atoms with van der Waals surface area (Å²) in [5.41, 5.74) is 0. The first-order valence-electron chi connectivity index (χ1n) is 31.6. The molecule has 6 heteroatoms. The van der Waals surface area contributed by atoms with Gasteiger partial charge in [0.2, 0.25) is 5.91 Å². The fraction of sp³-hybridized carbons (Fsp3) is 0.906. The van der Waals surface area contributed by atoms with Crippen LogP contribution in [0.4, 0.5) is 0 Å². The third-order valence-electron chi connectivity index (χ3n) is 14.7. The summed E-state index contributed by atoms with van der Waals surface area (Å²) in [5, 5.41) is 23.4. The van der Waals surface area contributed by atoms with Gasteiger partial charge in [-0.15, -0.1) is 0 Å².